The van der Waals surface area contributed by atoms with Gasteiger partial charge in [-0.2, -0.15) is 13.2 Å². The molecule has 0 saturated heterocycles. The van der Waals surface area contributed by atoms with Crippen molar-refractivity contribution in [2.75, 3.05) is 5.32 Å². The fraction of sp³-hybridized carbons (Fsp3) is 0.174. The van der Waals surface area contributed by atoms with Crippen molar-refractivity contribution in [3.05, 3.63) is 103 Å². The van der Waals surface area contributed by atoms with Gasteiger partial charge in [0.25, 0.3) is 5.56 Å². The van der Waals surface area contributed by atoms with Crippen molar-refractivity contribution in [3.63, 3.8) is 0 Å². The van der Waals surface area contributed by atoms with Crippen molar-refractivity contribution in [1.29, 1.82) is 0 Å². The zero-order valence-corrected chi connectivity index (χ0v) is 16.9. The summed E-state index contributed by atoms with van der Waals surface area (Å²) in [5.74, 6) is -1.03. The van der Waals surface area contributed by atoms with Gasteiger partial charge in [-0.05, 0) is 17.7 Å². The Morgan fingerprint density at radius 3 is 2.12 bits per heavy atom. The second kappa shape index (κ2) is 6.56. The van der Waals surface area contributed by atoms with E-state index < -0.39 is 28.9 Å². The number of alkyl halides is 3. The number of nitrogens with zero attached hydrogens (tertiary/aromatic N) is 2. The molecule has 2 aromatic carbocycles. The van der Waals surface area contributed by atoms with Crippen LogP contribution in [0.1, 0.15) is 38.5 Å². The number of rotatable bonds is 1. The Labute approximate surface area is 179 Å². The number of hydrogen-bond acceptors (Lipinski definition) is 4. The monoisotopic (exact) mass is 439 g/mol. The van der Waals surface area contributed by atoms with E-state index in [1.807, 2.05) is 0 Å². The number of nitrogens with one attached hydrogen (secondary N) is 1. The number of benzene rings is 2. The number of anilines is 1. The first-order valence-corrected chi connectivity index (χ1v) is 9.73. The minimum Gasteiger partial charge on any atom is -0.340 e. The smallest absolute Gasteiger partial charge is 0.340 e. The third-order valence-electron chi connectivity index (χ3n) is 6.05. The normalized spacial score (nSPS) is 17.0. The molecule has 2 aliphatic rings. The van der Waals surface area contributed by atoms with Crippen LogP contribution in [0.25, 0.3) is 5.70 Å². The summed E-state index contributed by atoms with van der Waals surface area (Å²) in [5.41, 5.74) is 0.239. The summed E-state index contributed by atoms with van der Waals surface area (Å²) in [4.78, 5) is 39.0. The summed E-state index contributed by atoms with van der Waals surface area (Å²) >= 11 is 0. The highest BCUT2D eigenvalue weighted by Gasteiger charge is 2.43. The van der Waals surface area contributed by atoms with Gasteiger partial charge in [-0.1, -0.05) is 36.4 Å². The lowest BCUT2D eigenvalue weighted by Crippen LogP contribution is -2.42. The molecule has 0 unspecified atom stereocenters. The van der Waals surface area contributed by atoms with E-state index in [-0.39, 0.29) is 22.7 Å². The number of halogens is 3. The van der Waals surface area contributed by atoms with Crippen LogP contribution in [-0.2, 0) is 20.3 Å². The number of hydrogen-bond donors (Lipinski definition) is 1. The molecule has 3 aromatic rings. The zero-order valence-electron chi connectivity index (χ0n) is 16.9. The van der Waals surface area contributed by atoms with Gasteiger partial charge in [0.2, 0.25) is 0 Å². The fourth-order valence-corrected chi connectivity index (χ4v) is 4.46. The molecule has 2 heterocycles. The number of ketones is 1. The summed E-state index contributed by atoms with van der Waals surface area (Å²) in [6, 6.07) is 11.3. The summed E-state index contributed by atoms with van der Waals surface area (Å²) in [6.07, 6.45) is -4.52. The molecule has 0 saturated carbocycles. The third-order valence-corrected chi connectivity index (χ3v) is 6.05. The zero-order chi connectivity index (χ0) is 22.9. The number of aromatic nitrogens is 2. The van der Waals surface area contributed by atoms with Crippen molar-refractivity contribution < 1.29 is 18.0 Å². The molecule has 1 atom stereocenters. The van der Waals surface area contributed by atoms with E-state index in [0.717, 1.165) is 16.7 Å². The molecule has 32 heavy (non-hydrogen) atoms. The van der Waals surface area contributed by atoms with Gasteiger partial charge in [0.1, 0.15) is 5.82 Å². The predicted molar refractivity (Wildman–Crippen MR) is 112 cm³/mol. The van der Waals surface area contributed by atoms with Gasteiger partial charge < -0.3 is 5.32 Å². The SMILES string of the molecule is Cn1c2c(c(=O)n(C)c1=O)[C@@H](c1ccc(C(F)(F)F)cc1)C1=C(N2)c2ccccc2C1=O. The largest absolute Gasteiger partial charge is 0.416 e. The van der Waals surface area contributed by atoms with Gasteiger partial charge in [-0.3, -0.25) is 18.7 Å². The first kappa shape index (κ1) is 20.0. The Morgan fingerprint density at radius 2 is 1.50 bits per heavy atom. The number of carbonyl (C=O) groups is 1. The highest BCUT2D eigenvalue weighted by Crippen LogP contribution is 2.48. The Bertz CT molecular complexity index is 1460. The maximum atomic E-state index is 13.3. The number of carbonyl (C=O) groups excluding carboxylic acids is 1. The van der Waals surface area contributed by atoms with Crippen LogP contribution in [0.3, 0.4) is 0 Å². The number of Topliss-reactive ketones (excluding diaryl/α,β-unsaturated/α-hetero) is 1. The van der Waals surface area contributed by atoms with Crippen LogP contribution in [0.4, 0.5) is 19.0 Å². The Morgan fingerprint density at radius 1 is 0.875 bits per heavy atom. The molecule has 5 rings (SSSR count). The Kier molecular flexibility index (Phi) is 4.11. The summed E-state index contributed by atoms with van der Waals surface area (Å²) < 4.78 is 41.5. The molecule has 0 amide bonds. The first-order valence-electron chi connectivity index (χ1n) is 9.73. The standard InChI is InChI=1S/C23H16F3N3O3/c1-28-20-17(21(31)29(2)22(28)32)15(11-7-9-12(10-8-11)23(24,25)26)16-18(27-20)13-5-3-4-6-14(13)19(16)30/h3-10,15,27H,1-2H3/t15-/m0/s1. The second-order valence-corrected chi connectivity index (χ2v) is 7.81. The van der Waals surface area contributed by atoms with Gasteiger partial charge >= 0.3 is 11.9 Å². The highest BCUT2D eigenvalue weighted by atomic mass is 19.4. The highest BCUT2D eigenvalue weighted by molar-refractivity contribution is 6.23. The average Bonchev–Trinajstić information content (AvgIpc) is 3.06. The maximum absolute atomic E-state index is 13.3. The summed E-state index contributed by atoms with van der Waals surface area (Å²) in [5, 5.41) is 3.09. The fourth-order valence-electron chi connectivity index (χ4n) is 4.46. The third kappa shape index (κ3) is 2.63. The van der Waals surface area contributed by atoms with Crippen LogP contribution >= 0.6 is 0 Å². The van der Waals surface area contributed by atoms with E-state index in [1.54, 1.807) is 24.3 Å². The van der Waals surface area contributed by atoms with Crippen molar-refractivity contribution in [2.24, 2.45) is 14.1 Å². The van der Waals surface area contributed by atoms with Gasteiger partial charge in [0.15, 0.2) is 5.78 Å². The molecular weight excluding hydrogens is 423 g/mol. The van der Waals surface area contributed by atoms with Crippen LogP contribution in [0, 0.1) is 0 Å². The molecular formula is C23H16F3N3O3. The minimum atomic E-state index is -4.52. The minimum absolute atomic E-state index is 0.134. The molecule has 1 N–H and O–H groups in total. The topological polar surface area (TPSA) is 73.1 Å². The van der Waals surface area contributed by atoms with Gasteiger partial charge in [0, 0.05) is 36.7 Å². The van der Waals surface area contributed by atoms with Crippen molar-refractivity contribution >= 4 is 17.3 Å². The second-order valence-electron chi connectivity index (χ2n) is 7.81. The molecule has 1 aromatic heterocycles. The molecule has 162 valence electrons. The molecule has 0 spiro atoms. The summed E-state index contributed by atoms with van der Waals surface area (Å²) in [7, 11) is 2.82. The van der Waals surface area contributed by atoms with Crippen LogP contribution in [0.2, 0.25) is 0 Å². The molecule has 0 radical (unpaired) electrons. The van der Waals surface area contributed by atoms with Crippen molar-refractivity contribution in [3.8, 4) is 0 Å². The Balaban J connectivity index is 1.82. The van der Waals surface area contributed by atoms with Crippen molar-refractivity contribution in [2.45, 2.75) is 12.1 Å². The van der Waals surface area contributed by atoms with Crippen molar-refractivity contribution in [1.82, 2.24) is 9.13 Å². The lowest BCUT2D eigenvalue weighted by atomic mass is 9.81. The van der Waals surface area contributed by atoms with Gasteiger partial charge in [-0.15, -0.1) is 0 Å². The molecule has 6 nitrogen and oxygen atoms in total. The lowest BCUT2D eigenvalue weighted by Gasteiger charge is -2.29. The lowest BCUT2D eigenvalue weighted by molar-refractivity contribution is -0.137. The molecule has 0 bridgehead atoms. The number of fused-ring (bicyclic) bond motifs is 3. The van der Waals surface area contributed by atoms with E-state index in [2.05, 4.69) is 5.32 Å². The number of allylic oxidation sites excluding steroid dienone is 1. The van der Waals surface area contributed by atoms with Crippen LogP contribution < -0.4 is 16.6 Å². The first-order chi connectivity index (χ1) is 15.1. The molecule has 0 fully saturated rings. The van der Waals surface area contributed by atoms with E-state index in [1.165, 1.54) is 30.8 Å². The van der Waals surface area contributed by atoms with E-state index in [4.69, 9.17) is 0 Å². The maximum Gasteiger partial charge on any atom is 0.416 e. The van der Waals surface area contributed by atoms with E-state index in [9.17, 15) is 27.6 Å². The van der Waals surface area contributed by atoms with Gasteiger partial charge in [-0.25, -0.2) is 4.79 Å². The Hall–Kier alpha value is -3.88. The van der Waals surface area contributed by atoms with Crippen LogP contribution in [0.5, 0.6) is 0 Å². The average molecular weight is 439 g/mol. The summed E-state index contributed by atoms with van der Waals surface area (Å²) in [6.45, 7) is 0. The molecule has 1 aliphatic carbocycles. The molecule has 9 heteroatoms. The van der Waals surface area contributed by atoms with E-state index in [0.29, 0.717) is 22.4 Å². The predicted octanol–water partition coefficient (Wildman–Crippen LogP) is 3.27. The van der Waals surface area contributed by atoms with Crippen LogP contribution in [-0.4, -0.2) is 14.9 Å². The van der Waals surface area contributed by atoms with Gasteiger partial charge in [0.05, 0.1) is 16.8 Å². The van der Waals surface area contributed by atoms with E-state index >= 15 is 0 Å². The molecule has 1 aliphatic heterocycles. The van der Waals surface area contributed by atoms with Crippen LogP contribution in [0.15, 0.2) is 63.7 Å². The quantitative estimate of drug-likeness (QED) is 0.632.